The van der Waals surface area contributed by atoms with E-state index in [-0.39, 0.29) is 5.56 Å². The fourth-order valence-corrected chi connectivity index (χ4v) is 4.02. The maximum absolute atomic E-state index is 12.6. The number of hydrogen-bond donors (Lipinski definition) is 0. The molecule has 0 unspecified atom stereocenters. The zero-order valence-electron chi connectivity index (χ0n) is 22.1. The molecule has 0 aliphatic rings. The van der Waals surface area contributed by atoms with Crippen LogP contribution >= 0.6 is 0 Å². The summed E-state index contributed by atoms with van der Waals surface area (Å²) in [5.41, 5.74) is 3.98. The van der Waals surface area contributed by atoms with Gasteiger partial charge in [0.25, 0.3) is 5.56 Å². The molecule has 0 bridgehead atoms. The Balaban J connectivity index is 1.29. The van der Waals surface area contributed by atoms with Crippen molar-refractivity contribution in [1.82, 2.24) is 34.8 Å². The molecule has 0 aliphatic heterocycles. The summed E-state index contributed by atoms with van der Waals surface area (Å²) in [4.78, 5) is 27.9. The minimum atomic E-state index is -0.185. The van der Waals surface area contributed by atoms with E-state index in [9.17, 15) is 4.79 Å². The minimum absolute atomic E-state index is 0.185. The van der Waals surface area contributed by atoms with Crippen molar-refractivity contribution >= 4 is 0 Å². The van der Waals surface area contributed by atoms with Gasteiger partial charge in [0.05, 0.1) is 31.2 Å². The summed E-state index contributed by atoms with van der Waals surface area (Å²) in [6.45, 7) is 3.63. The summed E-state index contributed by atoms with van der Waals surface area (Å²) in [7, 11) is 4.07. The Bertz CT molecular complexity index is 1590. The van der Waals surface area contributed by atoms with Gasteiger partial charge in [0.15, 0.2) is 11.6 Å². The van der Waals surface area contributed by atoms with E-state index in [0.29, 0.717) is 42.1 Å². The standard InChI is InChI=1S/C29H29N7O3/c1-20-32-29(34-39-20)23-10-8-22(9-11-23)26-12-13-27(37)36(33-26)19-21-6-4-7-24(16-21)28-30-17-25(18-31-28)38-15-5-14-35(2)3/h4,6-13,16-18H,5,14-15,19H2,1-3H3. The van der Waals surface area contributed by atoms with Crippen LogP contribution in [0.25, 0.3) is 34.0 Å². The maximum atomic E-state index is 12.6. The third-order valence-electron chi connectivity index (χ3n) is 6.00. The fourth-order valence-electron chi connectivity index (χ4n) is 4.02. The summed E-state index contributed by atoms with van der Waals surface area (Å²) >= 11 is 0. The summed E-state index contributed by atoms with van der Waals surface area (Å²) in [6.07, 6.45) is 4.30. The van der Waals surface area contributed by atoms with Gasteiger partial charge in [0.1, 0.15) is 0 Å². The Morgan fingerprint density at radius 1 is 0.923 bits per heavy atom. The van der Waals surface area contributed by atoms with E-state index < -0.39 is 0 Å². The number of hydrogen-bond acceptors (Lipinski definition) is 9. The van der Waals surface area contributed by atoms with E-state index in [4.69, 9.17) is 9.26 Å². The van der Waals surface area contributed by atoms with E-state index >= 15 is 0 Å². The average molecular weight is 524 g/mol. The lowest BCUT2D eigenvalue weighted by molar-refractivity contribution is 0.280. The Kier molecular flexibility index (Phi) is 7.83. The molecule has 2 aromatic carbocycles. The smallest absolute Gasteiger partial charge is 0.267 e. The van der Waals surface area contributed by atoms with Gasteiger partial charge in [-0.05, 0) is 38.2 Å². The van der Waals surface area contributed by atoms with Crippen molar-refractivity contribution < 1.29 is 9.26 Å². The summed E-state index contributed by atoms with van der Waals surface area (Å²) in [5.74, 6) is 2.27. The highest BCUT2D eigenvalue weighted by atomic mass is 16.5. The number of aromatic nitrogens is 6. The second-order valence-electron chi connectivity index (χ2n) is 9.38. The molecule has 0 radical (unpaired) electrons. The number of benzene rings is 2. The lowest BCUT2D eigenvalue weighted by Gasteiger charge is -2.10. The molecule has 0 atom stereocenters. The van der Waals surface area contributed by atoms with Crippen molar-refractivity contribution in [3.8, 4) is 39.8 Å². The number of aryl methyl sites for hydroxylation is 1. The van der Waals surface area contributed by atoms with E-state index in [1.54, 1.807) is 25.4 Å². The van der Waals surface area contributed by atoms with Crippen molar-refractivity contribution in [3.05, 3.63) is 94.9 Å². The third-order valence-corrected chi connectivity index (χ3v) is 6.00. The highest BCUT2D eigenvalue weighted by Gasteiger charge is 2.09. The molecule has 0 saturated heterocycles. The van der Waals surface area contributed by atoms with Gasteiger partial charge in [-0.15, -0.1) is 0 Å². The van der Waals surface area contributed by atoms with Crippen molar-refractivity contribution in [2.75, 3.05) is 27.2 Å². The van der Waals surface area contributed by atoms with Crippen LogP contribution < -0.4 is 10.3 Å². The monoisotopic (exact) mass is 523 g/mol. The van der Waals surface area contributed by atoms with Gasteiger partial charge < -0.3 is 14.2 Å². The summed E-state index contributed by atoms with van der Waals surface area (Å²) in [6, 6.07) is 18.7. The maximum Gasteiger partial charge on any atom is 0.267 e. The van der Waals surface area contributed by atoms with E-state index in [1.807, 2.05) is 62.6 Å². The molecule has 5 aromatic rings. The van der Waals surface area contributed by atoms with E-state index in [2.05, 4.69) is 30.1 Å². The predicted octanol–water partition coefficient (Wildman–Crippen LogP) is 4.10. The highest BCUT2D eigenvalue weighted by molar-refractivity contribution is 5.64. The van der Waals surface area contributed by atoms with Crippen LogP contribution in [0.5, 0.6) is 5.75 Å². The lowest BCUT2D eigenvalue weighted by Crippen LogP contribution is -2.22. The molecule has 10 heteroatoms. The van der Waals surface area contributed by atoms with Crippen molar-refractivity contribution in [2.24, 2.45) is 0 Å². The topological polar surface area (TPSA) is 112 Å². The molecule has 0 N–H and O–H groups in total. The fraction of sp³-hybridized carbons (Fsp3) is 0.241. The van der Waals surface area contributed by atoms with Gasteiger partial charge in [0, 0.05) is 36.2 Å². The van der Waals surface area contributed by atoms with Gasteiger partial charge in [-0.25, -0.2) is 14.6 Å². The first kappa shape index (κ1) is 25.9. The summed E-state index contributed by atoms with van der Waals surface area (Å²) < 4.78 is 12.2. The first-order valence-electron chi connectivity index (χ1n) is 12.6. The molecule has 0 spiro atoms. The van der Waals surface area contributed by atoms with Crippen molar-refractivity contribution in [3.63, 3.8) is 0 Å². The van der Waals surface area contributed by atoms with Crippen LogP contribution in [0.15, 0.2) is 82.4 Å². The highest BCUT2D eigenvalue weighted by Crippen LogP contribution is 2.22. The SMILES string of the molecule is Cc1nc(-c2ccc(-c3ccc(=O)n(Cc4cccc(-c5ncc(OCCCN(C)C)cn5)c4)n3)cc2)no1. The molecule has 5 rings (SSSR count). The van der Waals surface area contributed by atoms with Crippen LogP contribution in [0.3, 0.4) is 0 Å². The minimum Gasteiger partial charge on any atom is -0.490 e. The van der Waals surface area contributed by atoms with Crippen LogP contribution in [-0.4, -0.2) is 62.0 Å². The number of ether oxygens (including phenoxy) is 1. The normalized spacial score (nSPS) is 11.2. The predicted molar refractivity (Wildman–Crippen MR) is 147 cm³/mol. The average Bonchev–Trinajstić information content (AvgIpc) is 3.39. The zero-order valence-corrected chi connectivity index (χ0v) is 22.1. The molecule has 10 nitrogen and oxygen atoms in total. The van der Waals surface area contributed by atoms with Crippen molar-refractivity contribution in [2.45, 2.75) is 19.9 Å². The largest absolute Gasteiger partial charge is 0.490 e. The molecule has 0 fully saturated rings. The molecular formula is C29H29N7O3. The molecule has 0 amide bonds. The number of rotatable bonds is 10. The Morgan fingerprint density at radius 3 is 2.41 bits per heavy atom. The van der Waals surface area contributed by atoms with Crippen molar-refractivity contribution in [1.29, 1.82) is 0 Å². The molecule has 198 valence electrons. The number of nitrogens with zero attached hydrogens (tertiary/aromatic N) is 7. The molecule has 3 heterocycles. The van der Waals surface area contributed by atoms with Crippen LogP contribution in [0.4, 0.5) is 0 Å². The second kappa shape index (κ2) is 11.8. The Morgan fingerprint density at radius 2 is 1.69 bits per heavy atom. The first-order valence-corrected chi connectivity index (χ1v) is 12.6. The Labute approximate surface area is 225 Å². The molecule has 3 aromatic heterocycles. The second-order valence-corrected chi connectivity index (χ2v) is 9.38. The van der Waals surface area contributed by atoms with E-state index in [1.165, 1.54) is 10.7 Å². The van der Waals surface area contributed by atoms with Gasteiger partial charge in [0.2, 0.25) is 11.7 Å². The molecule has 0 aliphatic carbocycles. The third kappa shape index (κ3) is 6.60. The summed E-state index contributed by atoms with van der Waals surface area (Å²) in [5, 5.41) is 8.56. The lowest BCUT2D eigenvalue weighted by atomic mass is 10.1. The van der Waals surface area contributed by atoms with Crippen LogP contribution in [0.2, 0.25) is 0 Å². The molecular weight excluding hydrogens is 494 g/mol. The first-order chi connectivity index (χ1) is 18.9. The van der Waals surface area contributed by atoms with Crippen LogP contribution in [-0.2, 0) is 6.54 Å². The van der Waals surface area contributed by atoms with E-state index in [0.717, 1.165) is 35.2 Å². The quantitative estimate of drug-likeness (QED) is 0.250. The van der Waals surface area contributed by atoms with Gasteiger partial charge in [-0.2, -0.15) is 10.1 Å². The zero-order chi connectivity index (χ0) is 27.2. The van der Waals surface area contributed by atoms with Gasteiger partial charge in [-0.3, -0.25) is 4.79 Å². The molecule has 0 saturated carbocycles. The molecule has 39 heavy (non-hydrogen) atoms. The van der Waals surface area contributed by atoms with Crippen LogP contribution in [0, 0.1) is 6.92 Å². The van der Waals surface area contributed by atoms with Gasteiger partial charge in [-0.1, -0.05) is 47.6 Å². The van der Waals surface area contributed by atoms with Gasteiger partial charge >= 0.3 is 0 Å². The Hall–Kier alpha value is -4.70. The van der Waals surface area contributed by atoms with Crippen LogP contribution in [0.1, 0.15) is 17.9 Å².